The number of hydrogen-bond acceptors (Lipinski definition) is 4. The van der Waals surface area contributed by atoms with Gasteiger partial charge in [-0.2, -0.15) is 13.2 Å². The lowest BCUT2D eigenvalue weighted by Gasteiger charge is -2.16. The molecule has 0 aliphatic carbocycles. The van der Waals surface area contributed by atoms with E-state index in [4.69, 9.17) is 21.4 Å². The van der Waals surface area contributed by atoms with Crippen molar-refractivity contribution in [3.8, 4) is 16.9 Å². The van der Waals surface area contributed by atoms with Crippen LogP contribution in [-0.4, -0.2) is 23.1 Å². The summed E-state index contributed by atoms with van der Waals surface area (Å²) in [4.78, 5) is 21.2. The largest absolute Gasteiger partial charge is 0.496 e. The van der Waals surface area contributed by atoms with Gasteiger partial charge in [0.25, 0.3) is 5.69 Å². The molecule has 0 aromatic heterocycles. The second-order valence-electron chi connectivity index (χ2n) is 5.30. The van der Waals surface area contributed by atoms with Gasteiger partial charge in [-0.3, -0.25) is 14.9 Å². The monoisotopic (exact) mass is 407 g/mol. The molecule has 6 nitrogen and oxygen atoms in total. The van der Waals surface area contributed by atoms with Gasteiger partial charge in [-0.25, -0.2) is 4.39 Å². The first-order valence-corrected chi connectivity index (χ1v) is 7.47. The third-order valence-electron chi connectivity index (χ3n) is 3.59. The van der Waals surface area contributed by atoms with Gasteiger partial charge in [0.2, 0.25) is 0 Å². The Morgan fingerprint density at radius 1 is 1.33 bits per heavy atom. The first kappa shape index (κ1) is 20.4. The standard InChI is InChI=1S/C16H10ClF4NO5/c1-27-15-7(5-12(23)24)4-10(17)14(18)13(15)9-3-2-8(16(19,20)21)6-11(9)22(25)26/h2-4,6H,5H2,1H3,(H,23,24). The number of halogens is 5. The Balaban J connectivity index is 2.86. The summed E-state index contributed by atoms with van der Waals surface area (Å²) in [6, 6.07) is 2.48. The number of nitro groups is 1. The highest BCUT2D eigenvalue weighted by molar-refractivity contribution is 6.31. The molecule has 144 valence electrons. The zero-order valence-electron chi connectivity index (χ0n) is 13.4. The highest BCUT2D eigenvalue weighted by Gasteiger charge is 2.34. The minimum Gasteiger partial charge on any atom is -0.496 e. The molecule has 0 saturated carbocycles. The molecule has 27 heavy (non-hydrogen) atoms. The number of benzene rings is 2. The first-order valence-electron chi connectivity index (χ1n) is 7.10. The van der Waals surface area contributed by atoms with Gasteiger partial charge in [0.15, 0.2) is 5.82 Å². The number of rotatable bonds is 5. The molecule has 0 aliphatic rings. The highest BCUT2D eigenvalue weighted by atomic mass is 35.5. The summed E-state index contributed by atoms with van der Waals surface area (Å²) in [7, 11) is 1.06. The maximum atomic E-state index is 14.6. The lowest BCUT2D eigenvalue weighted by Crippen LogP contribution is -2.08. The summed E-state index contributed by atoms with van der Waals surface area (Å²) >= 11 is 5.74. The van der Waals surface area contributed by atoms with Crippen molar-refractivity contribution in [2.24, 2.45) is 0 Å². The summed E-state index contributed by atoms with van der Waals surface area (Å²) in [6.45, 7) is 0. The van der Waals surface area contributed by atoms with Gasteiger partial charge in [0, 0.05) is 11.6 Å². The Bertz CT molecular complexity index is 930. The fourth-order valence-electron chi connectivity index (χ4n) is 2.50. The van der Waals surface area contributed by atoms with E-state index in [0.29, 0.717) is 12.1 Å². The maximum absolute atomic E-state index is 14.6. The Morgan fingerprint density at radius 3 is 2.44 bits per heavy atom. The van der Waals surface area contributed by atoms with Crippen molar-refractivity contribution in [3.05, 3.63) is 56.3 Å². The lowest BCUT2D eigenvalue weighted by atomic mass is 9.96. The van der Waals surface area contributed by atoms with E-state index < -0.39 is 56.7 Å². The van der Waals surface area contributed by atoms with Crippen LogP contribution in [-0.2, 0) is 17.4 Å². The van der Waals surface area contributed by atoms with Crippen LogP contribution in [0, 0.1) is 15.9 Å². The number of ether oxygens (including phenoxy) is 1. The molecule has 1 N–H and O–H groups in total. The van der Waals surface area contributed by atoms with Crippen molar-refractivity contribution in [1.82, 2.24) is 0 Å². The Hall–Kier alpha value is -2.88. The van der Waals surface area contributed by atoms with Crippen LogP contribution >= 0.6 is 11.6 Å². The summed E-state index contributed by atoms with van der Waals surface area (Å²) < 4.78 is 58.2. The van der Waals surface area contributed by atoms with Crippen LogP contribution in [0.2, 0.25) is 5.02 Å². The SMILES string of the molecule is COc1c(CC(=O)O)cc(Cl)c(F)c1-c1ccc(C(F)(F)F)cc1[N+](=O)[O-]. The molecule has 0 atom stereocenters. The average Bonchev–Trinajstić information content (AvgIpc) is 2.55. The quantitative estimate of drug-likeness (QED) is 0.440. The Labute approximate surface area is 154 Å². The number of aliphatic carboxylic acids is 1. The second kappa shape index (κ2) is 7.39. The Morgan fingerprint density at radius 2 is 1.96 bits per heavy atom. The number of methoxy groups -OCH3 is 1. The number of hydrogen-bond donors (Lipinski definition) is 1. The topological polar surface area (TPSA) is 89.7 Å². The van der Waals surface area contributed by atoms with E-state index in [-0.39, 0.29) is 17.4 Å². The smallest absolute Gasteiger partial charge is 0.416 e. The molecular formula is C16H10ClF4NO5. The molecule has 0 saturated heterocycles. The molecule has 2 aromatic rings. The van der Waals surface area contributed by atoms with Crippen molar-refractivity contribution < 1.29 is 37.1 Å². The highest BCUT2D eigenvalue weighted by Crippen LogP contribution is 2.44. The molecule has 0 bridgehead atoms. The molecule has 0 radical (unpaired) electrons. The van der Waals surface area contributed by atoms with Crippen molar-refractivity contribution in [3.63, 3.8) is 0 Å². The minimum absolute atomic E-state index is 0.0967. The molecular weight excluding hydrogens is 398 g/mol. The summed E-state index contributed by atoms with van der Waals surface area (Å²) in [5, 5.41) is 19.7. The molecule has 11 heteroatoms. The third kappa shape index (κ3) is 4.11. The minimum atomic E-state index is -4.85. The molecule has 0 amide bonds. The van der Waals surface area contributed by atoms with Crippen LogP contribution in [0.25, 0.3) is 11.1 Å². The third-order valence-corrected chi connectivity index (χ3v) is 3.86. The number of nitrogens with zero attached hydrogens (tertiary/aromatic N) is 1. The zero-order valence-corrected chi connectivity index (χ0v) is 14.2. The lowest BCUT2D eigenvalue weighted by molar-refractivity contribution is -0.384. The van der Waals surface area contributed by atoms with Crippen LogP contribution in [0.15, 0.2) is 24.3 Å². The van der Waals surface area contributed by atoms with E-state index in [1.54, 1.807) is 0 Å². The zero-order chi connectivity index (χ0) is 20.5. The van der Waals surface area contributed by atoms with Gasteiger partial charge in [-0.15, -0.1) is 0 Å². The van der Waals surface area contributed by atoms with Gasteiger partial charge in [0.1, 0.15) is 5.75 Å². The fraction of sp³-hybridized carbons (Fsp3) is 0.188. The van der Waals surface area contributed by atoms with Gasteiger partial charge >= 0.3 is 12.1 Å². The van der Waals surface area contributed by atoms with Crippen molar-refractivity contribution >= 4 is 23.3 Å². The summed E-state index contributed by atoms with van der Waals surface area (Å²) in [5.41, 5.74) is -3.56. The van der Waals surface area contributed by atoms with E-state index in [1.807, 2.05) is 0 Å². The number of nitro benzene ring substituents is 1. The second-order valence-corrected chi connectivity index (χ2v) is 5.70. The van der Waals surface area contributed by atoms with Gasteiger partial charge < -0.3 is 9.84 Å². The number of alkyl halides is 3. The van der Waals surface area contributed by atoms with Gasteiger partial charge in [-0.05, 0) is 18.2 Å². The molecule has 0 fully saturated rings. The van der Waals surface area contributed by atoms with Crippen LogP contribution in [0.3, 0.4) is 0 Å². The van der Waals surface area contributed by atoms with Crippen molar-refractivity contribution in [1.29, 1.82) is 0 Å². The van der Waals surface area contributed by atoms with E-state index in [9.17, 15) is 32.5 Å². The van der Waals surface area contributed by atoms with Crippen LogP contribution in [0.5, 0.6) is 5.75 Å². The molecule has 0 aliphatic heterocycles. The van der Waals surface area contributed by atoms with Crippen molar-refractivity contribution in [2.45, 2.75) is 12.6 Å². The molecule has 2 aromatic carbocycles. The van der Waals surface area contributed by atoms with Gasteiger partial charge in [-0.1, -0.05) is 11.6 Å². The Kier molecular flexibility index (Phi) is 5.59. The molecule has 0 unspecified atom stereocenters. The normalized spacial score (nSPS) is 11.3. The van der Waals surface area contributed by atoms with E-state index in [0.717, 1.165) is 13.2 Å². The predicted molar refractivity (Wildman–Crippen MR) is 86.4 cm³/mol. The van der Waals surface area contributed by atoms with Crippen LogP contribution in [0.1, 0.15) is 11.1 Å². The van der Waals surface area contributed by atoms with E-state index in [1.165, 1.54) is 0 Å². The van der Waals surface area contributed by atoms with Gasteiger partial charge in [0.05, 0.1) is 40.2 Å². The fourth-order valence-corrected chi connectivity index (χ4v) is 2.73. The number of carbonyl (C=O) groups is 1. The van der Waals surface area contributed by atoms with E-state index in [2.05, 4.69) is 0 Å². The first-order chi connectivity index (χ1) is 12.5. The molecule has 2 rings (SSSR count). The summed E-state index contributed by atoms with van der Waals surface area (Å²) in [5.74, 6) is -2.88. The predicted octanol–water partition coefficient (Wildman–Crippen LogP) is 4.71. The van der Waals surface area contributed by atoms with Crippen LogP contribution < -0.4 is 4.74 Å². The van der Waals surface area contributed by atoms with Crippen LogP contribution in [0.4, 0.5) is 23.2 Å². The number of carboxylic acid groups (broad SMARTS) is 1. The van der Waals surface area contributed by atoms with Crippen molar-refractivity contribution in [2.75, 3.05) is 7.11 Å². The number of carboxylic acids is 1. The maximum Gasteiger partial charge on any atom is 0.416 e. The summed E-state index contributed by atoms with van der Waals surface area (Å²) in [6.07, 6.45) is -5.50. The average molecular weight is 408 g/mol. The molecule has 0 heterocycles. The molecule has 0 spiro atoms. The van der Waals surface area contributed by atoms with E-state index >= 15 is 0 Å².